The molecule has 2 aliphatic rings. The predicted octanol–water partition coefficient (Wildman–Crippen LogP) is 3.20. The highest BCUT2D eigenvalue weighted by molar-refractivity contribution is 6.62. The predicted molar refractivity (Wildman–Crippen MR) is 105 cm³/mol. The summed E-state index contributed by atoms with van der Waals surface area (Å²) in [4.78, 5) is 2.41. The molecule has 0 radical (unpaired) electrons. The van der Waals surface area contributed by atoms with Gasteiger partial charge in [0.1, 0.15) is 5.75 Å². The van der Waals surface area contributed by atoms with Crippen molar-refractivity contribution in [2.45, 2.75) is 59.2 Å². The molecule has 0 N–H and O–H groups in total. The van der Waals surface area contributed by atoms with Gasteiger partial charge < -0.3 is 23.7 Å². The standard InChI is InChI=1S/C20H32BNO4/c1-18(2)8-9-22(13-18)16-10-15(11-17(12-16)24-14-23-7)21-25-19(3,4)20(5,6)26-21/h10-12H,8-9,13-14H2,1-7H3. The van der Waals surface area contributed by atoms with Crippen LogP contribution in [0, 0.1) is 5.41 Å². The lowest BCUT2D eigenvalue weighted by Gasteiger charge is -2.32. The summed E-state index contributed by atoms with van der Waals surface area (Å²) in [5.41, 5.74) is 1.73. The van der Waals surface area contributed by atoms with Crippen LogP contribution in [0.3, 0.4) is 0 Å². The number of hydrogen-bond donors (Lipinski definition) is 0. The molecule has 2 heterocycles. The Hall–Kier alpha value is -1.24. The van der Waals surface area contributed by atoms with Crippen molar-refractivity contribution in [3.63, 3.8) is 0 Å². The maximum absolute atomic E-state index is 6.24. The summed E-state index contributed by atoms with van der Waals surface area (Å²) in [7, 11) is 1.22. The molecule has 0 bridgehead atoms. The molecule has 3 rings (SSSR count). The molecule has 0 unspecified atom stereocenters. The van der Waals surface area contributed by atoms with E-state index in [-0.39, 0.29) is 18.0 Å². The molecule has 1 aromatic carbocycles. The SMILES string of the molecule is COCOc1cc(B2OC(C)(C)C(C)(C)O2)cc(N2CCC(C)(C)C2)c1. The lowest BCUT2D eigenvalue weighted by atomic mass is 9.78. The smallest absolute Gasteiger partial charge is 0.468 e. The van der Waals surface area contributed by atoms with Crippen LogP contribution in [0.1, 0.15) is 48.0 Å². The van der Waals surface area contributed by atoms with Crippen molar-refractivity contribution in [1.29, 1.82) is 0 Å². The molecule has 2 aliphatic heterocycles. The van der Waals surface area contributed by atoms with Crippen molar-refractivity contribution in [2.75, 3.05) is 31.9 Å². The highest BCUT2D eigenvalue weighted by Crippen LogP contribution is 2.38. The first-order chi connectivity index (χ1) is 12.0. The molecule has 0 atom stereocenters. The van der Waals surface area contributed by atoms with E-state index in [9.17, 15) is 0 Å². The lowest BCUT2D eigenvalue weighted by Crippen LogP contribution is -2.41. The Bertz CT molecular complexity index is 643. The second-order valence-electron chi connectivity index (χ2n) is 9.24. The van der Waals surface area contributed by atoms with Crippen LogP contribution in [0.15, 0.2) is 18.2 Å². The highest BCUT2D eigenvalue weighted by Gasteiger charge is 2.52. The molecular weight excluding hydrogens is 329 g/mol. The monoisotopic (exact) mass is 361 g/mol. The van der Waals surface area contributed by atoms with Gasteiger partial charge in [-0.25, -0.2) is 0 Å². The van der Waals surface area contributed by atoms with Gasteiger partial charge in [-0.1, -0.05) is 13.8 Å². The molecule has 0 spiro atoms. The Morgan fingerprint density at radius 1 is 1.04 bits per heavy atom. The normalized spacial score (nSPS) is 23.5. The molecule has 144 valence electrons. The maximum atomic E-state index is 6.24. The van der Waals surface area contributed by atoms with E-state index in [0.717, 1.165) is 30.0 Å². The summed E-state index contributed by atoms with van der Waals surface area (Å²) >= 11 is 0. The Kier molecular flexibility index (Phi) is 5.06. The van der Waals surface area contributed by atoms with E-state index in [2.05, 4.69) is 58.6 Å². The number of ether oxygens (including phenoxy) is 2. The van der Waals surface area contributed by atoms with E-state index in [0.29, 0.717) is 5.41 Å². The number of rotatable bonds is 5. The first kappa shape index (κ1) is 19.5. The first-order valence-corrected chi connectivity index (χ1v) is 9.40. The van der Waals surface area contributed by atoms with Crippen molar-refractivity contribution in [2.24, 2.45) is 5.41 Å². The van der Waals surface area contributed by atoms with E-state index in [4.69, 9.17) is 18.8 Å². The fourth-order valence-electron chi connectivity index (χ4n) is 3.45. The van der Waals surface area contributed by atoms with Gasteiger partial charge >= 0.3 is 7.12 Å². The Labute approximate surface area is 158 Å². The second-order valence-corrected chi connectivity index (χ2v) is 9.24. The second kappa shape index (κ2) is 6.73. The molecule has 2 fully saturated rings. The van der Waals surface area contributed by atoms with Gasteiger partial charge in [0.25, 0.3) is 0 Å². The summed E-state index contributed by atoms with van der Waals surface area (Å²) < 4.78 is 23.3. The summed E-state index contributed by atoms with van der Waals surface area (Å²) in [5, 5.41) is 0. The van der Waals surface area contributed by atoms with Gasteiger partial charge in [-0.3, -0.25) is 0 Å². The summed E-state index contributed by atoms with van der Waals surface area (Å²) in [5.74, 6) is 0.777. The van der Waals surface area contributed by atoms with Gasteiger partial charge in [-0.2, -0.15) is 0 Å². The van der Waals surface area contributed by atoms with Crippen molar-refractivity contribution in [3.05, 3.63) is 18.2 Å². The van der Waals surface area contributed by atoms with Gasteiger partial charge in [0.2, 0.25) is 0 Å². The van der Waals surface area contributed by atoms with E-state index in [1.807, 2.05) is 6.07 Å². The summed E-state index contributed by atoms with van der Waals surface area (Å²) in [6, 6.07) is 6.24. The largest absolute Gasteiger partial charge is 0.495 e. The number of hydrogen-bond acceptors (Lipinski definition) is 5. The van der Waals surface area contributed by atoms with Crippen LogP contribution in [0.5, 0.6) is 5.75 Å². The zero-order chi connectivity index (χ0) is 19.2. The van der Waals surface area contributed by atoms with Crippen LogP contribution < -0.4 is 15.1 Å². The third-order valence-electron chi connectivity index (χ3n) is 5.83. The summed E-state index contributed by atoms with van der Waals surface area (Å²) in [6.45, 7) is 15.2. The minimum Gasteiger partial charge on any atom is -0.468 e. The number of methoxy groups -OCH3 is 1. The van der Waals surface area contributed by atoms with Crippen LogP contribution in [0.25, 0.3) is 0 Å². The number of nitrogens with zero attached hydrogens (tertiary/aromatic N) is 1. The topological polar surface area (TPSA) is 40.2 Å². The molecule has 5 nitrogen and oxygen atoms in total. The van der Waals surface area contributed by atoms with Crippen LogP contribution in [0.2, 0.25) is 0 Å². The maximum Gasteiger partial charge on any atom is 0.495 e. The quantitative estimate of drug-likeness (QED) is 0.595. The molecular formula is C20H32BNO4. The molecule has 26 heavy (non-hydrogen) atoms. The molecule has 0 amide bonds. The van der Waals surface area contributed by atoms with Crippen molar-refractivity contribution >= 4 is 18.3 Å². The van der Waals surface area contributed by atoms with Crippen LogP contribution in [-0.4, -0.2) is 45.3 Å². The van der Waals surface area contributed by atoms with E-state index in [1.165, 1.54) is 6.42 Å². The van der Waals surface area contributed by atoms with Gasteiger partial charge in [0.15, 0.2) is 6.79 Å². The van der Waals surface area contributed by atoms with E-state index < -0.39 is 7.12 Å². The number of anilines is 1. The van der Waals surface area contributed by atoms with Crippen molar-refractivity contribution in [3.8, 4) is 5.75 Å². The Balaban J connectivity index is 1.91. The van der Waals surface area contributed by atoms with Gasteiger partial charge in [0, 0.05) is 32.0 Å². The molecule has 0 aliphatic carbocycles. The summed E-state index contributed by atoms with van der Waals surface area (Å²) in [6.07, 6.45) is 1.18. The van der Waals surface area contributed by atoms with Gasteiger partial charge in [0.05, 0.1) is 11.2 Å². The van der Waals surface area contributed by atoms with Crippen molar-refractivity contribution in [1.82, 2.24) is 0 Å². The average molecular weight is 361 g/mol. The van der Waals surface area contributed by atoms with Crippen molar-refractivity contribution < 1.29 is 18.8 Å². The fraction of sp³-hybridized carbons (Fsp3) is 0.700. The first-order valence-electron chi connectivity index (χ1n) is 9.40. The molecule has 1 aromatic rings. The zero-order valence-corrected chi connectivity index (χ0v) is 17.2. The Morgan fingerprint density at radius 2 is 1.69 bits per heavy atom. The molecule has 0 saturated carbocycles. The average Bonchev–Trinajstić information content (AvgIpc) is 3.01. The third kappa shape index (κ3) is 3.87. The van der Waals surface area contributed by atoms with E-state index in [1.54, 1.807) is 7.11 Å². The zero-order valence-electron chi connectivity index (χ0n) is 17.2. The van der Waals surface area contributed by atoms with Gasteiger partial charge in [-0.15, -0.1) is 0 Å². The molecule has 6 heteroatoms. The van der Waals surface area contributed by atoms with Gasteiger partial charge in [-0.05, 0) is 57.1 Å². The number of benzene rings is 1. The fourth-order valence-corrected chi connectivity index (χ4v) is 3.45. The molecule has 2 saturated heterocycles. The third-order valence-corrected chi connectivity index (χ3v) is 5.83. The molecule has 0 aromatic heterocycles. The Morgan fingerprint density at radius 3 is 2.23 bits per heavy atom. The van der Waals surface area contributed by atoms with Crippen LogP contribution in [0.4, 0.5) is 5.69 Å². The minimum atomic E-state index is -0.402. The minimum absolute atomic E-state index is 0.220. The van der Waals surface area contributed by atoms with Crippen LogP contribution in [-0.2, 0) is 14.0 Å². The lowest BCUT2D eigenvalue weighted by molar-refractivity contribution is 0.00578. The highest BCUT2D eigenvalue weighted by atomic mass is 16.7. The van der Waals surface area contributed by atoms with Crippen LogP contribution >= 0.6 is 0 Å². The van der Waals surface area contributed by atoms with E-state index >= 15 is 0 Å².